The minimum atomic E-state index is -0.879. The van der Waals surface area contributed by atoms with Crippen LogP contribution in [0.1, 0.15) is 20.8 Å². The van der Waals surface area contributed by atoms with Gasteiger partial charge in [-0.2, -0.15) is 0 Å². The molecule has 0 spiro atoms. The fourth-order valence-corrected chi connectivity index (χ4v) is 1.51. The zero-order valence-corrected chi connectivity index (χ0v) is 10.5. The number of hydrogen-bond donors (Lipinski definition) is 0. The van der Waals surface area contributed by atoms with Gasteiger partial charge in [0.1, 0.15) is 0 Å². The number of hydrogen-bond acceptors (Lipinski definition) is 1. The van der Waals surface area contributed by atoms with Crippen molar-refractivity contribution in [3.05, 3.63) is 0 Å². The molecule has 0 N–H and O–H groups in total. The molecular weight excluding hydrogens is 164 g/mol. The Morgan fingerprint density at radius 2 is 1.58 bits per heavy atom. The lowest BCUT2D eigenvalue weighted by molar-refractivity contribution is 0.0800. The normalized spacial score (nSPS) is 13.5. The zero-order valence-electron chi connectivity index (χ0n) is 9.53. The second kappa shape index (κ2) is 4.42. The minimum Gasteiger partial charge on any atom is -0.381 e. The second-order valence-corrected chi connectivity index (χ2v) is 11.5. The lowest BCUT2D eigenvalue weighted by Gasteiger charge is -2.20. The van der Waals surface area contributed by atoms with Gasteiger partial charge in [0.05, 0.1) is 6.61 Å². The predicted molar refractivity (Wildman–Crippen MR) is 58.4 cm³/mol. The first kappa shape index (κ1) is 12.2. The summed E-state index contributed by atoms with van der Waals surface area (Å²) in [5.74, 6) is 0. The highest BCUT2D eigenvalue weighted by Crippen LogP contribution is 2.14. The summed E-state index contributed by atoms with van der Waals surface area (Å²) in [6.45, 7) is 15.6. The predicted octanol–water partition coefficient (Wildman–Crippen LogP) is 3.39. The third kappa shape index (κ3) is 10.2. The van der Waals surface area contributed by atoms with Crippen LogP contribution in [0.25, 0.3) is 0 Å². The van der Waals surface area contributed by atoms with Crippen molar-refractivity contribution in [2.24, 2.45) is 5.41 Å². The van der Waals surface area contributed by atoms with E-state index in [4.69, 9.17) is 4.74 Å². The Kier molecular flexibility index (Phi) is 4.49. The molecule has 0 aromatic carbocycles. The second-order valence-electron chi connectivity index (χ2n) is 5.92. The molecule has 0 aliphatic rings. The summed E-state index contributed by atoms with van der Waals surface area (Å²) in [6.07, 6.45) is 0. The summed E-state index contributed by atoms with van der Waals surface area (Å²) >= 11 is 0. The first-order valence-corrected chi connectivity index (χ1v) is 8.49. The van der Waals surface area contributed by atoms with E-state index in [1.54, 1.807) is 0 Å². The molecule has 0 amide bonds. The largest absolute Gasteiger partial charge is 0.381 e. The van der Waals surface area contributed by atoms with Crippen molar-refractivity contribution in [3.63, 3.8) is 0 Å². The van der Waals surface area contributed by atoms with Gasteiger partial charge in [0, 0.05) is 14.7 Å². The third-order valence-corrected chi connectivity index (χ3v) is 3.24. The van der Waals surface area contributed by atoms with Crippen LogP contribution in [0, 0.1) is 5.41 Å². The first-order chi connectivity index (χ1) is 5.21. The molecule has 0 heterocycles. The SMILES string of the molecule is CC(C)(C)COCC[Si](C)(C)C. The molecule has 0 saturated heterocycles. The van der Waals surface area contributed by atoms with E-state index in [1.165, 1.54) is 6.04 Å². The van der Waals surface area contributed by atoms with E-state index in [0.717, 1.165) is 13.2 Å². The zero-order chi connectivity index (χ0) is 9.83. The van der Waals surface area contributed by atoms with Crippen LogP contribution >= 0.6 is 0 Å². The van der Waals surface area contributed by atoms with Crippen molar-refractivity contribution in [2.45, 2.75) is 46.5 Å². The van der Waals surface area contributed by atoms with Crippen molar-refractivity contribution in [1.29, 1.82) is 0 Å². The lowest BCUT2D eigenvalue weighted by atomic mass is 9.99. The fourth-order valence-electron chi connectivity index (χ4n) is 0.757. The summed E-state index contributed by atoms with van der Waals surface area (Å²) in [7, 11) is -0.879. The molecule has 1 nitrogen and oxygen atoms in total. The Morgan fingerprint density at radius 3 is 1.92 bits per heavy atom. The molecule has 2 heteroatoms. The summed E-state index contributed by atoms with van der Waals surface area (Å²) in [4.78, 5) is 0. The standard InChI is InChI=1S/C10H24OSi/c1-10(2,3)9-11-7-8-12(4,5)6/h7-9H2,1-6H3. The molecule has 12 heavy (non-hydrogen) atoms. The molecule has 0 rings (SSSR count). The van der Waals surface area contributed by atoms with Crippen molar-refractivity contribution in [2.75, 3.05) is 13.2 Å². The van der Waals surface area contributed by atoms with E-state index in [-0.39, 0.29) is 0 Å². The molecule has 0 fully saturated rings. The van der Waals surface area contributed by atoms with E-state index in [9.17, 15) is 0 Å². The van der Waals surface area contributed by atoms with Crippen LogP contribution in [0.15, 0.2) is 0 Å². The van der Waals surface area contributed by atoms with Gasteiger partial charge in [0.15, 0.2) is 0 Å². The highest BCUT2D eigenvalue weighted by molar-refractivity contribution is 6.76. The molecule has 0 aromatic rings. The van der Waals surface area contributed by atoms with Gasteiger partial charge in [-0.15, -0.1) is 0 Å². The maximum Gasteiger partial charge on any atom is 0.0514 e. The quantitative estimate of drug-likeness (QED) is 0.485. The lowest BCUT2D eigenvalue weighted by Crippen LogP contribution is -2.23. The summed E-state index contributed by atoms with van der Waals surface area (Å²) in [6, 6.07) is 1.28. The van der Waals surface area contributed by atoms with Gasteiger partial charge < -0.3 is 4.74 Å². The average molecular weight is 188 g/mol. The molecule has 0 saturated carbocycles. The minimum absolute atomic E-state index is 0.319. The third-order valence-electron chi connectivity index (χ3n) is 1.53. The molecule has 0 bridgehead atoms. The first-order valence-electron chi connectivity index (χ1n) is 4.78. The van der Waals surface area contributed by atoms with Crippen LogP contribution in [0.2, 0.25) is 25.7 Å². The Hall–Kier alpha value is 0.177. The maximum atomic E-state index is 5.61. The molecule has 0 aliphatic carbocycles. The Bertz CT molecular complexity index is 103. The smallest absolute Gasteiger partial charge is 0.0514 e. The maximum absolute atomic E-state index is 5.61. The van der Waals surface area contributed by atoms with E-state index < -0.39 is 8.07 Å². The van der Waals surface area contributed by atoms with Gasteiger partial charge in [-0.05, 0) is 11.5 Å². The van der Waals surface area contributed by atoms with Gasteiger partial charge in [0.2, 0.25) is 0 Å². The van der Waals surface area contributed by atoms with Crippen LogP contribution in [-0.2, 0) is 4.74 Å². The van der Waals surface area contributed by atoms with Crippen molar-refractivity contribution < 1.29 is 4.74 Å². The van der Waals surface area contributed by atoms with Gasteiger partial charge in [-0.3, -0.25) is 0 Å². The van der Waals surface area contributed by atoms with E-state index in [2.05, 4.69) is 40.4 Å². The van der Waals surface area contributed by atoms with Crippen LogP contribution < -0.4 is 0 Å². The molecule has 74 valence electrons. The summed E-state index contributed by atoms with van der Waals surface area (Å²) in [5.41, 5.74) is 0.319. The van der Waals surface area contributed by atoms with E-state index >= 15 is 0 Å². The van der Waals surface area contributed by atoms with Gasteiger partial charge >= 0.3 is 0 Å². The summed E-state index contributed by atoms with van der Waals surface area (Å²) in [5, 5.41) is 0. The number of ether oxygens (including phenoxy) is 1. The molecule has 0 aliphatic heterocycles. The van der Waals surface area contributed by atoms with E-state index in [0.29, 0.717) is 5.41 Å². The monoisotopic (exact) mass is 188 g/mol. The highest BCUT2D eigenvalue weighted by Gasteiger charge is 2.14. The van der Waals surface area contributed by atoms with Crippen LogP contribution in [0.3, 0.4) is 0 Å². The Balaban J connectivity index is 3.35. The molecular formula is C10H24OSi. The van der Waals surface area contributed by atoms with Crippen molar-refractivity contribution in [3.8, 4) is 0 Å². The van der Waals surface area contributed by atoms with Crippen LogP contribution in [0.4, 0.5) is 0 Å². The summed E-state index contributed by atoms with van der Waals surface area (Å²) < 4.78 is 5.61. The van der Waals surface area contributed by atoms with E-state index in [1.807, 2.05) is 0 Å². The Morgan fingerprint density at radius 1 is 1.08 bits per heavy atom. The molecule has 0 unspecified atom stereocenters. The number of rotatable bonds is 4. The van der Waals surface area contributed by atoms with Gasteiger partial charge in [0.25, 0.3) is 0 Å². The van der Waals surface area contributed by atoms with Crippen molar-refractivity contribution >= 4 is 8.07 Å². The molecule has 0 atom stereocenters. The van der Waals surface area contributed by atoms with Crippen molar-refractivity contribution in [1.82, 2.24) is 0 Å². The van der Waals surface area contributed by atoms with Crippen LogP contribution in [-0.4, -0.2) is 21.3 Å². The van der Waals surface area contributed by atoms with Gasteiger partial charge in [-0.1, -0.05) is 40.4 Å². The topological polar surface area (TPSA) is 9.23 Å². The average Bonchev–Trinajstić information content (AvgIpc) is 1.76. The van der Waals surface area contributed by atoms with Gasteiger partial charge in [-0.25, -0.2) is 0 Å². The molecule has 0 radical (unpaired) electrons. The Labute approximate surface area is 78.5 Å². The molecule has 0 aromatic heterocycles. The highest BCUT2D eigenvalue weighted by atomic mass is 28.3. The fraction of sp³-hybridized carbons (Fsp3) is 1.00. The van der Waals surface area contributed by atoms with Crippen LogP contribution in [0.5, 0.6) is 0 Å².